The first-order chi connectivity index (χ1) is 9.47. The first-order valence-electron chi connectivity index (χ1n) is 7.85. The van der Waals surface area contributed by atoms with Crippen LogP contribution in [0.15, 0.2) is 12.4 Å². The van der Waals surface area contributed by atoms with Crippen LogP contribution in [-0.4, -0.2) is 41.4 Å². The van der Waals surface area contributed by atoms with E-state index in [-0.39, 0.29) is 0 Å². The molecule has 0 unspecified atom stereocenters. The van der Waals surface area contributed by atoms with Crippen molar-refractivity contribution in [3.63, 3.8) is 0 Å². The fourth-order valence-corrected chi connectivity index (χ4v) is 3.44. The first-order valence-corrected chi connectivity index (χ1v) is 7.85. The first kappa shape index (κ1) is 15.5. The molecule has 4 heteroatoms. The smallest absolute Gasteiger partial charge is 0.0538 e. The monoisotopic (exact) mass is 278 g/mol. The van der Waals surface area contributed by atoms with E-state index in [1.807, 2.05) is 17.9 Å². The maximum atomic E-state index is 4.30. The lowest BCUT2D eigenvalue weighted by Crippen LogP contribution is -2.42. The van der Waals surface area contributed by atoms with E-state index in [9.17, 15) is 0 Å². The maximum Gasteiger partial charge on any atom is 0.0538 e. The summed E-state index contributed by atoms with van der Waals surface area (Å²) >= 11 is 0. The molecule has 0 spiro atoms. The molecule has 0 bridgehead atoms. The number of nitrogens with one attached hydrogen (secondary N) is 1. The fourth-order valence-electron chi connectivity index (χ4n) is 3.44. The predicted octanol–water partition coefficient (Wildman–Crippen LogP) is 2.44. The van der Waals surface area contributed by atoms with Crippen LogP contribution in [0.25, 0.3) is 0 Å². The van der Waals surface area contributed by atoms with Gasteiger partial charge in [0.05, 0.1) is 6.20 Å². The zero-order chi connectivity index (χ0) is 14.7. The number of nitrogens with zero attached hydrogens (tertiary/aromatic N) is 3. The van der Waals surface area contributed by atoms with Crippen molar-refractivity contribution >= 4 is 0 Å². The van der Waals surface area contributed by atoms with Crippen molar-refractivity contribution < 1.29 is 0 Å². The number of aromatic nitrogens is 2. The molecule has 1 N–H and O–H groups in total. The second-order valence-corrected chi connectivity index (χ2v) is 6.84. The van der Waals surface area contributed by atoms with Crippen molar-refractivity contribution in [2.24, 2.45) is 18.9 Å². The summed E-state index contributed by atoms with van der Waals surface area (Å²) in [5, 5.41) is 8.10. The Morgan fingerprint density at radius 1 is 1.40 bits per heavy atom. The largest absolute Gasteiger partial charge is 0.312 e. The van der Waals surface area contributed by atoms with Gasteiger partial charge in [0.25, 0.3) is 0 Å². The van der Waals surface area contributed by atoms with Crippen molar-refractivity contribution in [2.75, 3.05) is 20.6 Å². The zero-order valence-corrected chi connectivity index (χ0v) is 13.6. The molecule has 114 valence electrons. The van der Waals surface area contributed by atoms with Crippen LogP contribution < -0.4 is 5.32 Å². The molecule has 1 saturated carbocycles. The van der Waals surface area contributed by atoms with E-state index >= 15 is 0 Å². The van der Waals surface area contributed by atoms with E-state index in [1.54, 1.807) is 0 Å². The summed E-state index contributed by atoms with van der Waals surface area (Å²) in [7, 11) is 6.27. The molecule has 0 aromatic carbocycles. The van der Waals surface area contributed by atoms with Gasteiger partial charge in [-0.05, 0) is 45.2 Å². The molecule has 1 aliphatic rings. The number of hydrogen-bond acceptors (Lipinski definition) is 3. The van der Waals surface area contributed by atoms with Crippen LogP contribution in [0.4, 0.5) is 0 Å². The van der Waals surface area contributed by atoms with Gasteiger partial charge in [-0.3, -0.25) is 4.68 Å². The molecular weight excluding hydrogens is 248 g/mol. The number of hydrogen-bond donors (Lipinski definition) is 1. The SMILES string of the molecule is C[C@@H]1CC[C@H](NC[C@@H](c2cnn(C)c2)N(C)C)[C@H](C)C1. The molecule has 1 aromatic heterocycles. The van der Waals surface area contributed by atoms with Crippen molar-refractivity contribution in [3.05, 3.63) is 18.0 Å². The van der Waals surface area contributed by atoms with Gasteiger partial charge in [-0.2, -0.15) is 5.10 Å². The fraction of sp³-hybridized carbons (Fsp3) is 0.812. The Bertz CT molecular complexity index is 412. The summed E-state index contributed by atoms with van der Waals surface area (Å²) in [6.45, 7) is 5.77. The molecule has 0 aliphatic heterocycles. The third kappa shape index (κ3) is 3.83. The zero-order valence-electron chi connectivity index (χ0n) is 13.6. The summed E-state index contributed by atoms with van der Waals surface area (Å²) in [4.78, 5) is 2.28. The molecule has 20 heavy (non-hydrogen) atoms. The molecule has 1 aliphatic carbocycles. The maximum absolute atomic E-state index is 4.30. The molecule has 0 saturated heterocycles. The number of rotatable bonds is 5. The molecule has 4 nitrogen and oxygen atoms in total. The second kappa shape index (κ2) is 6.72. The van der Waals surface area contributed by atoms with E-state index in [2.05, 4.69) is 49.5 Å². The Morgan fingerprint density at radius 3 is 2.70 bits per heavy atom. The van der Waals surface area contributed by atoms with Gasteiger partial charge in [0.2, 0.25) is 0 Å². The highest BCUT2D eigenvalue weighted by molar-refractivity contribution is 5.11. The van der Waals surface area contributed by atoms with Crippen LogP contribution in [0, 0.1) is 11.8 Å². The Hall–Kier alpha value is -0.870. The van der Waals surface area contributed by atoms with Crippen LogP contribution in [0.5, 0.6) is 0 Å². The normalized spacial score (nSPS) is 28.8. The summed E-state index contributed by atoms with van der Waals surface area (Å²) < 4.78 is 1.89. The second-order valence-electron chi connectivity index (χ2n) is 6.84. The van der Waals surface area contributed by atoms with Crippen molar-refractivity contribution in [2.45, 2.75) is 45.2 Å². The Morgan fingerprint density at radius 2 is 2.15 bits per heavy atom. The minimum Gasteiger partial charge on any atom is -0.312 e. The molecular formula is C16H30N4. The average molecular weight is 278 g/mol. The highest BCUT2D eigenvalue weighted by Gasteiger charge is 2.26. The molecule has 1 fully saturated rings. The van der Waals surface area contributed by atoms with Gasteiger partial charge in [0.15, 0.2) is 0 Å². The Balaban J connectivity index is 1.93. The number of aryl methyl sites for hydroxylation is 1. The third-order valence-corrected chi connectivity index (χ3v) is 4.74. The summed E-state index contributed by atoms with van der Waals surface area (Å²) in [5.41, 5.74) is 1.29. The summed E-state index contributed by atoms with van der Waals surface area (Å²) in [6.07, 6.45) is 8.14. The van der Waals surface area contributed by atoms with E-state index < -0.39 is 0 Å². The highest BCUT2D eigenvalue weighted by atomic mass is 15.2. The quantitative estimate of drug-likeness (QED) is 0.898. The minimum atomic E-state index is 0.398. The van der Waals surface area contributed by atoms with E-state index in [1.165, 1.54) is 24.8 Å². The standard InChI is InChI=1S/C16H30N4/c1-12-6-7-15(13(2)8-12)17-10-16(19(3)4)14-9-18-20(5)11-14/h9,11-13,15-17H,6-8,10H2,1-5H3/t12-,13-,15+,16+/m1/s1. The lowest BCUT2D eigenvalue weighted by molar-refractivity contribution is 0.205. The number of likely N-dealkylation sites (N-methyl/N-ethyl adjacent to an activating group) is 1. The molecule has 2 rings (SSSR count). The molecule has 1 aromatic rings. The Labute approximate surface area is 123 Å². The van der Waals surface area contributed by atoms with Gasteiger partial charge in [-0.1, -0.05) is 13.8 Å². The van der Waals surface area contributed by atoms with Crippen LogP contribution >= 0.6 is 0 Å². The van der Waals surface area contributed by atoms with Gasteiger partial charge in [-0.25, -0.2) is 0 Å². The van der Waals surface area contributed by atoms with E-state index in [4.69, 9.17) is 0 Å². The Kier molecular flexibility index (Phi) is 5.22. The van der Waals surface area contributed by atoms with Gasteiger partial charge < -0.3 is 10.2 Å². The molecule has 0 amide bonds. The van der Waals surface area contributed by atoms with Crippen LogP contribution in [0.2, 0.25) is 0 Å². The van der Waals surface area contributed by atoms with Crippen LogP contribution in [0.3, 0.4) is 0 Å². The van der Waals surface area contributed by atoms with Crippen LogP contribution in [-0.2, 0) is 7.05 Å². The van der Waals surface area contributed by atoms with Gasteiger partial charge in [0, 0.05) is 37.4 Å². The van der Waals surface area contributed by atoms with Crippen LogP contribution in [0.1, 0.15) is 44.7 Å². The van der Waals surface area contributed by atoms with Crippen molar-refractivity contribution in [3.8, 4) is 0 Å². The summed E-state index contributed by atoms with van der Waals surface area (Å²) in [5.74, 6) is 1.68. The minimum absolute atomic E-state index is 0.398. The summed E-state index contributed by atoms with van der Waals surface area (Å²) in [6, 6.07) is 1.07. The van der Waals surface area contributed by atoms with Crippen molar-refractivity contribution in [1.29, 1.82) is 0 Å². The van der Waals surface area contributed by atoms with Gasteiger partial charge in [0.1, 0.15) is 0 Å². The average Bonchev–Trinajstić information content (AvgIpc) is 2.78. The molecule has 1 heterocycles. The van der Waals surface area contributed by atoms with Gasteiger partial charge >= 0.3 is 0 Å². The molecule has 4 atom stereocenters. The lowest BCUT2D eigenvalue weighted by atomic mass is 9.80. The molecule has 0 radical (unpaired) electrons. The van der Waals surface area contributed by atoms with E-state index in [0.29, 0.717) is 12.1 Å². The van der Waals surface area contributed by atoms with E-state index in [0.717, 1.165) is 18.4 Å². The third-order valence-electron chi connectivity index (χ3n) is 4.74. The lowest BCUT2D eigenvalue weighted by Gasteiger charge is -2.35. The predicted molar refractivity (Wildman–Crippen MR) is 83.6 cm³/mol. The van der Waals surface area contributed by atoms with Crippen molar-refractivity contribution in [1.82, 2.24) is 20.0 Å². The van der Waals surface area contributed by atoms with Gasteiger partial charge in [-0.15, -0.1) is 0 Å². The highest BCUT2D eigenvalue weighted by Crippen LogP contribution is 2.29. The topological polar surface area (TPSA) is 33.1 Å².